The summed E-state index contributed by atoms with van der Waals surface area (Å²) in [4.78, 5) is 4.30. The largest absolute Gasteiger partial charge is 0.356 e. The summed E-state index contributed by atoms with van der Waals surface area (Å²) in [6, 6.07) is 9.09. The second-order valence-corrected chi connectivity index (χ2v) is 5.69. The van der Waals surface area contributed by atoms with Crippen molar-refractivity contribution in [3.8, 4) is 0 Å². The van der Waals surface area contributed by atoms with Crippen LogP contribution in [0.4, 0.5) is 0 Å². The van der Waals surface area contributed by atoms with Gasteiger partial charge in [-0.05, 0) is 36.8 Å². The molecule has 3 nitrogen and oxygen atoms in total. The molecular weight excluding hydrogens is 246 g/mol. The summed E-state index contributed by atoms with van der Waals surface area (Å²) >= 11 is 0. The van der Waals surface area contributed by atoms with E-state index in [-0.39, 0.29) is 6.04 Å². The topological polar surface area (TPSA) is 36.4 Å². The minimum absolute atomic E-state index is 0.271. The lowest BCUT2D eigenvalue weighted by molar-refractivity contribution is 0.653. The SMILES string of the molecule is CCc1ccc(C(C)NC(=NC)NCCC2CC2)cc1. The minimum Gasteiger partial charge on any atom is -0.356 e. The van der Waals surface area contributed by atoms with Crippen LogP contribution in [0.3, 0.4) is 0 Å². The molecule has 20 heavy (non-hydrogen) atoms. The quantitative estimate of drug-likeness (QED) is 0.616. The maximum absolute atomic E-state index is 4.30. The highest BCUT2D eigenvalue weighted by molar-refractivity contribution is 5.80. The number of aryl methyl sites for hydroxylation is 1. The average molecular weight is 273 g/mol. The molecule has 1 aliphatic carbocycles. The molecule has 3 heteroatoms. The van der Waals surface area contributed by atoms with Gasteiger partial charge in [0, 0.05) is 13.6 Å². The Balaban J connectivity index is 1.81. The summed E-state index contributed by atoms with van der Waals surface area (Å²) < 4.78 is 0. The van der Waals surface area contributed by atoms with Crippen LogP contribution >= 0.6 is 0 Å². The molecule has 1 aromatic rings. The standard InChI is InChI=1S/C17H27N3/c1-4-14-7-9-16(10-8-14)13(2)20-17(18-3)19-12-11-15-5-6-15/h7-10,13,15H,4-6,11-12H2,1-3H3,(H2,18,19,20). The summed E-state index contributed by atoms with van der Waals surface area (Å²) in [6.45, 7) is 5.38. The Morgan fingerprint density at radius 3 is 2.55 bits per heavy atom. The zero-order chi connectivity index (χ0) is 14.4. The van der Waals surface area contributed by atoms with Gasteiger partial charge in [0.1, 0.15) is 0 Å². The maximum atomic E-state index is 4.30. The van der Waals surface area contributed by atoms with Crippen LogP contribution in [-0.4, -0.2) is 19.6 Å². The first kappa shape index (κ1) is 14.9. The Morgan fingerprint density at radius 2 is 2.00 bits per heavy atom. The van der Waals surface area contributed by atoms with Gasteiger partial charge in [0.2, 0.25) is 0 Å². The van der Waals surface area contributed by atoms with E-state index in [0.717, 1.165) is 24.8 Å². The predicted molar refractivity (Wildman–Crippen MR) is 86.1 cm³/mol. The van der Waals surface area contributed by atoms with E-state index < -0.39 is 0 Å². The van der Waals surface area contributed by atoms with Crippen LogP contribution in [-0.2, 0) is 6.42 Å². The minimum atomic E-state index is 0.271. The molecule has 1 fully saturated rings. The Hall–Kier alpha value is -1.51. The Labute approximate surface area is 122 Å². The third-order valence-electron chi connectivity index (χ3n) is 4.01. The van der Waals surface area contributed by atoms with Crippen LogP contribution < -0.4 is 10.6 Å². The van der Waals surface area contributed by atoms with E-state index in [2.05, 4.69) is 53.7 Å². The van der Waals surface area contributed by atoms with Crippen molar-refractivity contribution in [2.75, 3.05) is 13.6 Å². The second-order valence-electron chi connectivity index (χ2n) is 5.69. The summed E-state index contributed by atoms with van der Waals surface area (Å²) in [6.07, 6.45) is 5.18. The Morgan fingerprint density at radius 1 is 1.30 bits per heavy atom. The highest BCUT2D eigenvalue weighted by atomic mass is 15.2. The number of nitrogens with zero attached hydrogens (tertiary/aromatic N) is 1. The van der Waals surface area contributed by atoms with Crippen molar-refractivity contribution in [1.29, 1.82) is 0 Å². The Kier molecular flexibility index (Phi) is 5.45. The zero-order valence-electron chi connectivity index (χ0n) is 12.9. The fraction of sp³-hybridized carbons (Fsp3) is 0.588. The third kappa shape index (κ3) is 4.55. The van der Waals surface area contributed by atoms with Crippen LogP contribution in [0.2, 0.25) is 0 Å². The van der Waals surface area contributed by atoms with Gasteiger partial charge in [0.15, 0.2) is 5.96 Å². The fourth-order valence-corrected chi connectivity index (χ4v) is 2.33. The highest BCUT2D eigenvalue weighted by Gasteiger charge is 2.20. The molecule has 0 amide bonds. The number of aliphatic imine (C=N–C) groups is 1. The molecule has 1 unspecified atom stereocenters. The monoisotopic (exact) mass is 273 g/mol. The zero-order valence-corrected chi connectivity index (χ0v) is 12.9. The summed E-state index contributed by atoms with van der Waals surface area (Å²) in [5.74, 6) is 1.86. The molecule has 0 radical (unpaired) electrons. The van der Waals surface area contributed by atoms with Crippen LogP contribution in [0.1, 0.15) is 50.3 Å². The summed E-state index contributed by atoms with van der Waals surface area (Å²) in [5, 5.41) is 6.86. The van der Waals surface area contributed by atoms with Crippen molar-refractivity contribution in [3.63, 3.8) is 0 Å². The molecule has 1 saturated carbocycles. The van der Waals surface area contributed by atoms with Crippen LogP contribution in [0, 0.1) is 5.92 Å². The molecule has 1 aromatic carbocycles. The first-order chi connectivity index (χ1) is 9.72. The molecule has 1 atom stereocenters. The molecule has 2 N–H and O–H groups in total. The van der Waals surface area contributed by atoms with Crippen LogP contribution in [0.5, 0.6) is 0 Å². The van der Waals surface area contributed by atoms with Gasteiger partial charge in [-0.1, -0.05) is 44.0 Å². The number of hydrogen-bond donors (Lipinski definition) is 2. The third-order valence-corrected chi connectivity index (χ3v) is 4.01. The molecule has 2 rings (SSSR count). The van der Waals surface area contributed by atoms with Gasteiger partial charge in [-0.3, -0.25) is 4.99 Å². The molecule has 110 valence electrons. The van der Waals surface area contributed by atoms with Gasteiger partial charge in [0.25, 0.3) is 0 Å². The maximum Gasteiger partial charge on any atom is 0.191 e. The van der Waals surface area contributed by atoms with Gasteiger partial charge in [-0.25, -0.2) is 0 Å². The van der Waals surface area contributed by atoms with Gasteiger partial charge in [-0.15, -0.1) is 0 Å². The number of nitrogens with one attached hydrogen (secondary N) is 2. The normalized spacial score (nSPS) is 16.9. The van der Waals surface area contributed by atoms with Crippen LogP contribution in [0.15, 0.2) is 29.3 Å². The molecule has 0 aromatic heterocycles. The fourth-order valence-electron chi connectivity index (χ4n) is 2.33. The number of hydrogen-bond acceptors (Lipinski definition) is 1. The lowest BCUT2D eigenvalue weighted by Crippen LogP contribution is -2.39. The van der Waals surface area contributed by atoms with Gasteiger partial charge >= 0.3 is 0 Å². The van der Waals surface area contributed by atoms with Crippen molar-refractivity contribution in [2.24, 2.45) is 10.9 Å². The molecule has 0 heterocycles. The van der Waals surface area contributed by atoms with E-state index in [1.54, 1.807) is 0 Å². The van der Waals surface area contributed by atoms with Gasteiger partial charge < -0.3 is 10.6 Å². The number of rotatable bonds is 6. The lowest BCUT2D eigenvalue weighted by Gasteiger charge is -2.18. The van der Waals surface area contributed by atoms with Crippen LogP contribution in [0.25, 0.3) is 0 Å². The second kappa shape index (κ2) is 7.32. The highest BCUT2D eigenvalue weighted by Crippen LogP contribution is 2.31. The molecule has 0 bridgehead atoms. The Bertz CT molecular complexity index is 432. The summed E-state index contributed by atoms with van der Waals surface area (Å²) in [5.41, 5.74) is 2.68. The molecular formula is C17H27N3. The predicted octanol–water partition coefficient (Wildman–Crippen LogP) is 3.28. The van der Waals surface area contributed by atoms with E-state index >= 15 is 0 Å². The number of benzene rings is 1. The van der Waals surface area contributed by atoms with Crippen molar-refractivity contribution >= 4 is 5.96 Å². The van der Waals surface area contributed by atoms with Crippen molar-refractivity contribution in [3.05, 3.63) is 35.4 Å². The summed E-state index contributed by atoms with van der Waals surface area (Å²) in [7, 11) is 1.83. The number of guanidine groups is 1. The first-order valence-corrected chi connectivity index (χ1v) is 7.79. The average Bonchev–Trinajstić information content (AvgIpc) is 3.30. The van der Waals surface area contributed by atoms with E-state index in [0.29, 0.717) is 0 Å². The smallest absolute Gasteiger partial charge is 0.191 e. The first-order valence-electron chi connectivity index (χ1n) is 7.79. The van der Waals surface area contributed by atoms with E-state index in [1.165, 1.54) is 30.4 Å². The molecule has 1 aliphatic rings. The molecule has 0 aliphatic heterocycles. The lowest BCUT2D eigenvalue weighted by atomic mass is 10.1. The van der Waals surface area contributed by atoms with Gasteiger partial charge in [0.05, 0.1) is 6.04 Å². The van der Waals surface area contributed by atoms with Crippen molar-refractivity contribution in [2.45, 2.75) is 45.6 Å². The van der Waals surface area contributed by atoms with E-state index in [1.807, 2.05) is 7.05 Å². The molecule has 0 saturated heterocycles. The van der Waals surface area contributed by atoms with Crippen molar-refractivity contribution < 1.29 is 0 Å². The van der Waals surface area contributed by atoms with Gasteiger partial charge in [-0.2, -0.15) is 0 Å². The van der Waals surface area contributed by atoms with E-state index in [4.69, 9.17) is 0 Å². The van der Waals surface area contributed by atoms with E-state index in [9.17, 15) is 0 Å². The molecule has 0 spiro atoms. The van der Waals surface area contributed by atoms with Crippen molar-refractivity contribution in [1.82, 2.24) is 10.6 Å².